The van der Waals surface area contributed by atoms with Gasteiger partial charge in [-0.3, -0.25) is 4.79 Å². The van der Waals surface area contributed by atoms with Gasteiger partial charge in [0.2, 0.25) is 5.91 Å². The number of aryl methyl sites for hydroxylation is 1. The van der Waals surface area contributed by atoms with Crippen LogP contribution >= 0.6 is 0 Å². The summed E-state index contributed by atoms with van der Waals surface area (Å²) in [6, 6.07) is 16.5. The van der Waals surface area contributed by atoms with Gasteiger partial charge in [0, 0.05) is 37.4 Å². The first kappa shape index (κ1) is 17.3. The second kappa shape index (κ2) is 7.56. The second-order valence-corrected chi connectivity index (χ2v) is 6.74. The number of anilines is 1. The lowest BCUT2D eigenvalue weighted by molar-refractivity contribution is -0.127. The van der Waals surface area contributed by atoms with Crippen molar-refractivity contribution in [1.29, 1.82) is 0 Å². The summed E-state index contributed by atoms with van der Waals surface area (Å²) in [4.78, 5) is 17.1. The van der Waals surface area contributed by atoms with Crippen molar-refractivity contribution in [2.24, 2.45) is 0 Å². The van der Waals surface area contributed by atoms with Crippen LogP contribution in [0.15, 0.2) is 54.1 Å². The molecule has 0 bridgehead atoms. The van der Waals surface area contributed by atoms with Gasteiger partial charge in [0.25, 0.3) is 0 Å². The standard InChI is InChI=1S/C22H26N2O/c1-17-8-7-11-21(19(17)3)23-12-14-24(15-13-23)22(25)18(2)16-20-9-5-4-6-10-20/h4-11,16H,12-15H2,1-3H3/b18-16-. The summed E-state index contributed by atoms with van der Waals surface area (Å²) in [7, 11) is 0. The Labute approximate surface area is 150 Å². The lowest BCUT2D eigenvalue weighted by Gasteiger charge is -2.37. The molecule has 3 rings (SSSR count). The summed E-state index contributed by atoms with van der Waals surface area (Å²) < 4.78 is 0. The minimum Gasteiger partial charge on any atom is -0.368 e. The molecule has 0 unspecified atom stereocenters. The molecule has 25 heavy (non-hydrogen) atoms. The Bertz CT molecular complexity index is 772. The summed E-state index contributed by atoms with van der Waals surface area (Å²) in [6.07, 6.45) is 1.97. The lowest BCUT2D eigenvalue weighted by atomic mass is 10.1. The van der Waals surface area contributed by atoms with E-state index in [9.17, 15) is 4.79 Å². The molecule has 1 aliphatic heterocycles. The molecule has 0 spiro atoms. The fourth-order valence-electron chi connectivity index (χ4n) is 3.34. The maximum Gasteiger partial charge on any atom is 0.249 e. The number of amides is 1. The Morgan fingerprint density at radius 1 is 0.920 bits per heavy atom. The van der Waals surface area contributed by atoms with Gasteiger partial charge >= 0.3 is 0 Å². The van der Waals surface area contributed by atoms with E-state index < -0.39 is 0 Å². The van der Waals surface area contributed by atoms with E-state index in [4.69, 9.17) is 0 Å². The van der Waals surface area contributed by atoms with Crippen LogP contribution in [-0.4, -0.2) is 37.0 Å². The molecule has 0 saturated carbocycles. The fourth-order valence-corrected chi connectivity index (χ4v) is 3.34. The first-order chi connectivity index (χ1) is 12.1. The van der Waals surface area contributed by atoms with Crippen LogP contribution in [0.3, 0.4) is 0 Å². The van der Waals surface area contributed by atoms with Gasteiger partial charge in [-0.25, -0.2) is 0 Å². The molecule has 1 amide bonds. The van der Waals surface area contributed by atoms with E-state index in [1.807, 2.05) is 48.2 Å². The molecule has 2 aromatic carbocycles. The largest absolute Gasteiger partial charge is 0.368 e. The Kier molecular flexibility index (Phi) is 5.22. The third kappa shape index (κ3) is 3.93. The van der Waals surface area contributed by atoms with E-state index in [2.05, 4.69) is 36.9 Å². The van der Waals surface area contributed by atoms with E-state index in [-0.39, 0.29) is 5.91 Å². The van der Waals surface area contributed by atoms with Crippen LogP contribution in [-0.2, 0) is 4.79 Å². The van der Waals surface area contributed by atoms with Gasteiger partial charge in [-0.15, -0.1) is 0 Å². The average molecular weight is 334 g/mol. The smallest absolute Gasteiger partial charge is 0.249 e. The predicted molar refractivity (Wildman–Crippen MR) is 105 cm³/mol. The highest BCUT2D eigenvalue weighted by molar-refractivity contribution is 5.97. The van der Waals surface area contributed by atoms with Gasteiger partial charge < -0.3 is 9.80 Å². The van der Waals surface area contributed by atoms with Crippen molar-refractivity contribution in [1.82, 2.24) is 4.90 Å². The third-order valence-electron chi connectivity index (χ3n) is 5.00. The molecule has 0 atom stereocenters. The molecule has 0 radical (unpaired) electrons. The van der Waals surface area contributed by atoms with Gasteiger partial charge in [0.05, 0.1) is 0 Å². The second-order valence-electron chi connectivity index (χ2n) is 6.74. The zero-order chi connectivity index (χ0) is 17.8. The van der Waals surface area contributed by atoms with Crippen molar-refractivity contribution in [2.75, 3.05) is 31.1 Å². The van der Waals surface area contributed by atoms with Gasteiger partial charge in [-0.2, -0.15) is 0 Å². The number of hydrogen-bond donors (Lipinski definition) is 0. The highest BCUT2D eigenvalue weighted by Gasteiger charge is 2.23. The number of hydrogen-bond acceptors (Lipinski definition) is 2. The van der Waals surface area contributed by atoms with E-state index in [0.717, 1.165) is 37.3 Å². The predicted octanol–water partition coefficient (Wildman–Crippen LogP) is 4.06. The minimum atomic E-state index is 0.143. The summed E-state index contributed by atoms with van der Waals surface area (Å²) in [5.74, 6) is 0.143. The van der Waals surface area contributed by atoms with E-state index in [0.29, 0.717) is 0 Å². The summed E-state index contributed by atoms with van der Waals surface area (Å²) in [5, 5.41) is 0. The summed E-state index contributed by atoms with van der Waals surface area (Å²) in [6.45, 7) is 9.54. The summed E-state index contributed by atoms with van der Waals surface area (Å²) >= 11 is 0. The number of carbonyl (C=O) groups is 1. The minimum absolute atomic E-state index is 0.143. The Hall–Kier alpha value is -2.55. The highest BCUT2D eigenvalue weighted by Crippen LogP contribution is 2.24. The van der Waals surface area contributed by atoms with Crippen LogP contribution in [0.1, 0.15) is 23.6 Å². The van der Waals surface area contributed by atoms with E-state index in [1.165, 1.54) is 16.8 Å². The lowest BCUT2D eigenvalue weighted by Crippen LogP contribution is -2.49. The number of rotatable bonds is 3. The molecule has 130 valence electrons. The average Bonchev–Trinajstić information content (AvgIpc) is 2.64. The molecule has 0 aliphatic carbocycles. The molecule has 0 aromatic heterocycles. The van der Waals surface area contributed by atoms with Crippen LogP contribution in [0, 0.1) is 13.8 Å². The Morgan fingerprint density at radius 3 is 2.28 bits per heavy atom. The van der Waals surface area contributed by atoms with Gasteiger partial charge in [-0.05, 0) is 49.6 Å². The van der Waals surface area contributed by atoms with Gasteiger partial charge in [0.15, 0.2) is 0 Å². The van der Waals surface area contributed by atoms with Crippen LogP contribution in [0.2, 0.25) is 0 Å². The maximum absolute atomic E-state index is 12.7. The molecule has 3 nitrogen and oxygen atoms in total. The quantitative estimate of drug-likeness (QED) is 0.791. The van der Waals surface area contributed by atoms with Crippen molar-refractivity contribution in [3.8, 4) is 0 Å². The topological polar surface area (TPSA) is 23.6 Å². The maximum atomic E-state index is 12.7. The molecule has 2 aromatic rings. The molecule has 1 aliphatic rings. The SMILES string of the molecule is C/C(=C/c1ccccc1)C(=O)N1CCN(c2cccc(C)c2C)CC1. The zero-order valence-electron chi connectivity index (χ0n) is 15.3. The van der Waals surface area contributed by atoms with Crippen molar-refractivity contribution in [2.45, 2.75) is 20.8 Å². The van der Waals surface area contributed by atoms with E-state index >= 15 is 0 Å². The van der Waals surface area contributed by atoms with Crippen molar-refractivity contribution in [3.63, 3.8) is 0 Å². The molecule has 1 heterocycles. The van der Waals surface area contributed by atoms with Gasteiger partial charge in [-0.1, -0.05) is 42.5 Å². The monoisotopic (exact) mass is 334 g/mol. The molecule has 1 saturated heterocycles. The van der Waals surface area contributed by atoms with Crippen LogP contribution < -0.4 is 4.90 Å². The number of carbonyl (C=O) groups excluding carboxylic acids is 1. The molecule has 1 fully saturated rings. The van der Waals surface area contributed by atoms with Crippen LogP contribution in [0.25, 0.3) is 6.08 Å². The number of piperazine rings is 1. The first-order valence-corrected chi connectivity index (χ1v) is 8.90. The zero-order valence-corrected chi connectivity index (χ0v) is 15.3. The van der Waals surface area contributed by atoms with Crippen LogP contribution in [0.5, 0.6) is 0 Å². The van der Waals surface area contributed by atoms with Crippen LogP contribution in [0.4, 0.5) is 5.69 Å². The molecule has 3 heteroatoms. The number of nitrogens with zero attached hydrogens (tertiary/aromatic N) is 2. The third-order valence-corrected chi connectivity index (χ3v) is 5.00. The fraction of sp³-hybridized carbons (Fsp3) is 0.318. The Morgan fingerprint density at radius 2 is 1.60 bits per heavy atom. The normalized spacial score (nSPS) is 15.4. The molecular weight excluding hydrogens is 308 g/mol. The first-order valence-electron chi connectivity index (χ1n) is 8.90. The Balaban J connectivity index is 1.65. The van der Waals surface area contributed by atoms with Crippen molar-refractivity contribution < 1.29 is 4.79 Å². The molecular formula is C22H26N2O. The van der Waals surface area contributed by atoms with E-state index in [1.54, 1.807) is 0 Å². The molecule has 0 N–H and O–H groups in total. The number of benzene rings is 2. The highest BCUT2D eigenvalue weighted by atomic mass is 16.2. The van der Waals surface area contributed by atoms with Crippen molar-refractivity contribution >= 4 is 17.7 Å². The van der Waals surface area contributed by atoms with Gasteiger partial charge in [0.1, 0.15) is 0 Å². The summed E-state index contributed by atoms with van der Waals surface area (Å²) in [5.41, 5.74) is 5.82. The van der Waals surface area contributed by atoms with Crippen molar-refractivity contribution in [3.05, 3.63) is 70.8 Å².